The monoisotopic (exact) mass is 505 g/mol. The fourth-order valence-electron chi connectivity index (χ4n) is 5.47. The van der Waals surface area contributed by atoms with Gasteiger partial charge in [-0.15, -0.1) is 6.42 Å². The Labute approximate surface area is 221 Å². The van der Waals surface area contributed by atoms with E-state index < -0.39 is 0 Å². The highest BCUT2D eigenvalue weighted by Crippen LogP contribution is 2.37. The van der Waals surface area contributed by atoms with E-state index in [1.807, 2.05) is 25.1 Å². The SMILES string of the molecule is C#Cc1ccc(C2=Cc3c(ncnc3N3CCC(c4nc(-c5ccc(OC)c(F)c5)c(C)[nH]4)CC3)C2)cc1. The third-order valence-electron chi connectivity index (χ3n) is 7.55. The molecule has 0 saturated carbocycles. The minimum absolute atomic E-state index is 0.231. The summed E-state index contributed by atoms with van der Waals surface area (Å²) in [5.74, 6) is 4.77. The van der Waals surface area contributed by atoms with Gasteiger partial charge in [-0.1, -0.05) is 18.1 Å². The van der Waals surface area contributed by atoms with Gasteiger partial charge in [0.15, 0.2) is 11.6 Å². The summed E-state index contributed by atoms with van der Waals surface area (Å²) in [6.07, 6.45) is 12.1. The number of ether oxygens (including phenoxy) is 1. The molecule has 0 spiro atoms. The molecule has 1 N–H and O–H groups in total. The van der Waals surface area contributed by atoms with Crippen LogP contribution < -0.4 is 9.64 Å². The standard InChI is InChI=1S/C31H28FN5O/c1-4-20-5-7-21(8-6-20)24-15-25-27(17-24)33-18-34-31(25)37-13-11-22(12-14-37)30-35-19(2)29(36-30)23-9-10-28(38-3)26(32)16-23/h1,5-10,15-16,18,22H,11-14,17H2,2-3H3,(H,35,36). The Bertz CT molecular complexity index is 1570. The number of aromatic nitrogens is 4. The lowest BCUT2D eigenvalue weighted by Gasteiger charge is -2.32. The molecule has 0 bridgehead atoms. The average molecular weight is 506 g/mol. The number of aromatic amines is 1. The molecule has 6 rings (SSSR count). The second-order valence-corrected chi connectivity index (χ2v) is 9.83. The Kier molecular flexibility index (Phi) is 6.16. The van der Waals surface area contributed by atoms with Crippen LogP contribution in [-0.2, 0) is 6.42 Å². The fraction of sp³-hybridized carbons (Fsp3) is 0.258. The molecule has 38 heavy (non-hydrogen) atoms. The summed E-state index contributed by atoms with van der Waals surface area (Å²) in [4.78, 5) is 20.0. The third kappa shape index (κ3) is 4.32. The number of rotatable bonds is 5. The number of methoxy groups -OCH3 is 1. The van der Waals surface area contributed by atoms with E-state index in [1.165, 1.54) is 18.7 Å². The van der Waals surface area contributed by atoms with Gasteiger partial charge in [0.05, 0.1) is 18.5 Å². The Morgan fingerprint density at radius 3 is 2.55 bits per heavy atom. The summed E-state index contributed by atoms with van der Waals surface area (Å²) >= 11 is 0. The first kappa shape index (κ1) is 23.9. The smallest absolute Gasteiger partial charge is 0.165 e. The van der Waals surface area contributed by atoms with Crippen LogP contribution in [0.5, 0.6) is 5.75 Å². The molecule has 0 unspecified atom stereocenters. The molecule has 2 aliphatic rings. The van der Waals surface area contributed by atoms with Gasteiger partial charge in [0.2, 0.25) is 0 Å². The Hall–Kier alpha value is -4.44. The predicted molar refractivity (Wildman–Crippen MR) is 147 cm³/mol. The molecular formula is C31H28FN5O. The first-order valence-electron chi connectivity index (χ1n) is 12.8. The highest BCUT2D eigenvalue weighted by Gasteiger charge is 2.28. The number of anilines is 1. The van der Waals surface area contributed by atoms with E-state index in [4.69, 9.17) is 16.1 Å². The van der Waals surface area contributed by atoms with E-state index in [-0.39, 0.29) is 11.6 Å². The topological polar surface area (TPSA) is 66.9 Å². The van der Waals surface area contributed by atoms with Gasteiger partial charge in [0, 0.05) is 47.8 Å². The Morgan fingerprint density at radius 1 is 1.08 bits per heavy atom. The summed E-state index contributed by atoms with van der Waals surface area (Å²) < 4.78 is 19.3. The number of nitrogens with zero attached hydrogens (tertiary/aromatic N) is 4. The minimum atomic E-state index is -0.388. The molecule has 1 fully saturated rings. The van der Waals surface area contributed by atoms with Gasteiger partial charge < -0.3 is 14.6 Å². The predicted octanol–water partition coefficient (Wildman–Crippen LogP) is 5.78. The second-order valence-electron chi connectivity index (χ2n) is 9.83. The molecule has 2 aromatic carbocycles. The average Bonchev–Trinajstić information content (AvgIpc) is 3.57. The molecular weight excluding hydrogens is 477 g/mol. The summed E-state index contributed by atoms with van der Waals surface area (Å²) in [6, 6.07) is 13.1. The number of aryl methyl sites for hydroxylation is 1. The van der Waals surface area contributed by atoms with Gasteiger partial charge in [0.25, 0.3) is 0 Å². The van der Waals surface area contributed by atoms with Gasteiger partial charge >= 0.3 is 0 Å². The number of H-pyrrole nitrogens is 1. The van der Waals surface area contributed by atoms with Crippen LogP contribution in [0, 0.1) is 25.1 Å². The van der Waals surface area contributed by atoms with Crippen molar-refractivity contribution in [2.24, 2.45) is 0 Å². The quantitative estimate of drug-likeness (QED) is 0.348. The van der Waals surface area contributed by atoms with Crippen LogP contribution in [0.1, 0.15) is 52.7 Å². The molecule has 7 heteroatoms. The Morgan fingerprint density at radius 2 is 1.84 bits per heavy atom. The van der Waals surface area contributed by atoms with E-state index in [0.29, 0.717) is 5.92 Å². The molecule has 1 saturated heterocycles. The van der Waals surface area contributed by atoms with E-state index in [9.17, 15) is 4.39 Å². The molecule has 0 atom stereocenters. The first-order chi connectivity index (χ1) is 18.5. The minimum Gasteiger partial charge on any atom is -0.494 e. The van der Waals surface area contributed by atoms with E-state index in [1.54, 1.807) is 12.4 Å². The van der Waals surface area contributed by atoms with E-state index in [0.717, 1.165) is 83.3 Å². The normalized spacial score (nSPS) is 15.2. The van der Waals surface area contributed by atoms with Crippen LogP contribution in [0.4, 0.5) is 10.2 Å². The maximum absolute atomic E-state index is 14.3. The van der Waals surface area contributed by atoms with Crippen molar-refractivity contribution in [3.8, 4) is 29.4 Å². The zero-order valence-electron chi connectivity index (χ0n) is 21.5. The number of halogens is 1. The fourth-order valence-corrected chi connectivity index (χ4v) is 5.47. The van der Waals surface area contributed by atoms with Crippen molar-refractivity contribution in [2.45, 2.75) is 32.1 Å². The summed E-state index contributed by atoms with van der Waals surface area (Å²) in [6.45, 7) is 3.73. The number of allylic oxidation sites excluding steroid dienone is 1. The number of nitrogens with one attached hydrogen (secondary N) is 1. The molecule has 3 heterocycles. The highest BCUT2D eigenvalue weighted by atomic mass is 19.1. The molecule has 0 radical (unpaired) electrons. The number of terminal acetylenes is 1. The summed E-state index contributed by atoms with van der Waals surface area (Å²) in [5.41, 5.74) is 7.91. The van der Waals surface area contributed by atoms with E-state index >= 15 is 0 Å². The van der Waals surface area contributed by atoms with Crippen molar-refractivity contribution in [1.82, 2.24) is 19.9 Å². The van der Waals surface area contributed by atoms with Crippen molar-refractivity contribution < 1.29 is 9.13 Å². The molecule has 6 nitrogen and oxygen atoms in total. The molecule has 0 amide bonds. The van der Waals surface area contributed by atoms with Crippen LogP contribution in [0.3, 0.4) is 0 Å². The lowest BCUT2D eigenvalue weighted by Crippen LogP contribution is -2.34. The first-order valence-corrected chi connectivity index (χ1v) is 12.8. The van der Waals surface area contributed by atoms with Gasteiger partial charge in [-0.05, 0) is 67.3 Å². The Balaban J connectivity index is 1.18. The maximum Gasteiger partial charge on any atom is 0.165 e. The van der Waals surface area contributed by atoms with Gasteiger partial charge in [-0.2, -0.15) is 0 Å². The second kappa shape index (κ2) is 9.79. The van der Waals surface area contributed by atoms with Crippen molar-refractivity contribution in [1.29, 1.82) is 0 Å². The largest absolute Gasteiger partial charge is 0.494 e. The number of benzene rings is 2. The molecule has 190 valence electrons. The number of hydrogen-bond donors (Lipinski definition) is 1. The summed E-state index contributed by atoms with van der Waals surface area (Å²) in [7, 11) is 1.46. The number of hydrogen-bond acceptors (Lipinski definition) is 5. The van der Waals surface area contributed by atoms with Crippen molar-refractivity contribution in [3.63, 3.8) is 0 Å². The summed E-state index contributed by atoms with van der Waals surface area (Å²) in [5, 5.41) is 0. The van der Waals surface area contributed by atoms with Gasteiger partial charge in [0.1, 0.15) is 18.0 Å². The van der Waals surface area contributed by atoms with Gasteiger partial charge in [-0.25, -0.2) is 19.3 Å². The van der Waals surface area contributed by atoms with Crippen LogP contribution in [-0.4, -0.2) is 40.1 Å². The van der Waals surface area contributed by atoms with Crippen molar-refractivity contribution >= 4 is 17.5 Å². The maximum atomic E-state index is 14.3. The molecule has 1 aliphatic heterocycles. The molecule has 4 aromatic rings. The van der Waals surface area contributed by atoms with Crippen LogP contribution in [0.25, 0.3) is 22.9 Å². The van der Waals surface area contributed by atoms with Crippen molar-refractivity contribution in [3.05, 3.63) is 88.5 Å². The zero-order chi connectivity index (χ0) is 26.2. The van der Waals surface area contributed by atoms with Crippen LogP contribution >= 0.6 is 0 Å². The van der Waals surface area contributed by atoms with Crippen molar-refractivity contribution in [2.75, 3.05) is 25.1 Å². The number of piperidine rings is 1. The van der Waals surface area contributed by atoms with Crippen LogP contribution in [0.2, 0.25) is 0 Å². The number of imidazole rings is 1. The lowest BCUT2D eigenvalue weighted by molar-refractivity contribution is 0.386. The highest BCUT2D eigenvalue weighted by molar-refractivity contribution is 5.91. The third-order valence-corrected chi connectivity index (χ3v) is 7.55. The molecule has 1 aliphatic carbocycles. The lowest BCUT2D eigenvalue weighted by atomic mass is 9.96. The number of fused-ring (bicyclic) bond motifs is 1. The van der Waals surface area contributed by atoms with E-state index in [2.05, 4.69) is 44.0 Å². The molecule has 2 aromatic heterocycles. The van der Waals surface area contributed by atoms with Crippen LogP contribution in [0.15, 0.2) is 48.8 Å². The zero-order valence-corrected chi connectivity index (χ0v) is 21.5. The van der Waals surface area contributed by atoms with Gasteiger partial charge in [-0.3, -0.25) is 0 Å².